The molecule has 0 aliphatic carbocycles. The molecule has 34 valence electrons. The topological polar surface area (TPSA) is 0 Å². The molecule has 0 spiro atoms. The van der Waals surface area contributed by atoms with Gasteiger partial charge < -0.3 is 27.7 Å². The van der Waals surface area contributed by atoms with Gasteiger partial charge >= 0.3 is 60.8 Å². The van der Waals surface area contributed by atoms with E-state index in [0.29, 0.717) is 0 Å². The Morgan fingerprint density at radius 3 is 1.00 bits per heavy atom. The molecule has 0 nitrogen and oxygen atoms in total. The van der Waals surface area contributed by atoms with E-state index in [2.05, 4.69) is 0 Å². The monoisotopic (exact) mass is 222 g/mol. The fourth-order valence-electron chi connectivity index (χ4n) is 0. The van der Waals surface area contributed by atoms with Gasteiger partial charge in [0, 0.05) is 17.1 Å². The average Bonchev–Trinajstić information content (AvgIpc) is 0. The van der Waals surface area contributed by atoms with Crippen LogP contribution in [0.15, 0.2) is 0 Å². The summed E-state index contributed by atoms with van der Waals surface area (Å²) >= 11 is 0. The van der Waals surface area contributed by atoms with E-state index in [9.17, 15) is 0 Å². The van der Waals surface area contributed by atoms with Crippen molar-refractivity contribution < 1.29 is 44.7 Å². The van der Waals surface area contributed by atoms with Crippen molar-refractivity contribution >= 4 is 78.2 Å². The smallest absolute Gasteiger partial charge is 1.00 e. The van der Waals surface area contributed by atoms with Gasteiger partial charge in [-0.25, -0.2) is 0 Å². The minimum absolute atomic E-state index is 0. The number of hydrogen-bond donors (Lipinski definition) is 0. The Morgan fingerprint density at radius 2 is 1.00 bits per heavy atom. The summed E-state index contributed by atoms with van der Waals surface area (Å²) < 4.78 is 0. The third-order valence-electron chi connectivity index (χ3n) is 0. The molecule has 0 unspecified atom stereocenters. The molecule has 0 aliphatic rings. The van der Waals surface area contributed by atoms with Crippen LogP contribution in [0.25, 0.3) is 0 Å². The SMILES string of the molecule is [AlH3].[Ca+2].[Cl-].[Cl-].[Fe].[H-].[H-].[Mg+2]. The number of rotatable bonds is 0. The molecule has 0 rings (SSSR count). The summed E-state index contributed by atoms with van der Waals surface area (Å²) in [7, 11) is 0. The van der Waals surface area contributed by atoms with E-state index >= 15 is 0 Å². The molecule has 0 bridgehead atoms. The van der Waals surface area contributed by atoms with Crippen LogP contribution < -0.4 is 24.8 Å². The van der Waals surface area contributed by atoms with Gasteiger partial charge in [0.25, 0.3) is 0 Å². The molecule has 6 heteroatoms. The van der Waals surface area contributed by atoms with Crippen molar-refractivity contribution in [1.29, 1.82) is 0 Å². The molecule has 0 saturated carbocycles. The molecule has 0 aromatic carbocycles. The quantitative estimate of drug-likeness (QED) is 0.358. The van der Waals surface area contributed by atoms with Crippen molar-refractivity contribution in [3.05, 3.63) is 0 Å². The molecule has 0 amide bonds. The third-order valence-corrected chi connectivity index (χ3v) is 0. The van der Waals surface area contributed by atoms with Crippen LogP contribution in [-0.4, -0.2) is 78.2 Å². The molecule has 0 saturated heterocycles. The van der Waals surface area contributed by atoms with Gasteiger partial charge in [-0.1, -0.05) is 0 Å². The van der Waals surface area contributed by atoms with Crippen LogP contribution in [0, 0.1) is 0 Å². The van der Waals surface area contributed by atoms with Gasteiger partial charge in [-0.15, -0.1) is 0 Å². The average molecular weight is 223 g/mol. The Labute approximate surface area is 120 Å². The maximum atomic E-state index is 0. The Balaban J connectivity index is 0. The minimum atomic E-state index is 0. The van der Waals surface area contributed by atoms with Crippen molar-refractivity contribution in [2.75, 3.05) is 0 Å². The number of hydrogen-bond acceptors (Lipinski definition) is 0. The summed E-state index contributed by atoms with van der Waals surface area (Å²) in [6, 6.07) is 0. The van der Waals surface area contributed by atoms with Crippen LogP contribution >= 0.6 is 0 Å². The predicted octanol–water partition coefficient (Wildman–Crippen LogP) is -7.71. The Hall–Kier alpha value is 3.66. The molecule has 0 heterocycles. The van der Waals surface area contributed by atoms with Crippen LogP contribution in [0.4, 0.5) is 0 Å². The molecular formula is H5AlCaCl2FeMg. The van der Waals surface area contributed by atoms with Gasteiger partial charge in [-0.2, -0.15) is 0 Å². The molecule has 0 aromatic rings. The van der Waals surface area contributed by atoms with E-state index < -0.39 is 0 Å². The van der Waals surface area contributed by atoms with E-state index in [1.807, 2.05) is 0 Å². The standard InChI is InChI=1S/Al.Ca.2ClH.Fe.Mg.5H/h;;2*1H;;;;;;;/q;+2;;;;+2;;;;2*-1/p-2. The summed E-state index contributed by atoms with van der Waals surface area (Å²) in [6.45, 7) is 0. The minimum Gasteiger partial charge on any atom is -1.00 e. The van der Waals surface area contributed by atoms with Crippen molar-refractivity contribution in [1.82, 2.24) is 0 Å². The second-order valence-corrected chi connectivity index (χ2v) is 0. The first-order valence-corrected chi connectivity index (χ1v) is 0. The molecule has 0 fully saturated rings. The van der Waals surface area contributed by atoms with Crippen LogP contribution in [0.1, 0.15) is 2.85 Å². The first kappa shape index (κ1) is 54.1. The second kappa shape index (κ2) is 37.9. The van der Waals surface area contributed by atoms with Crippen LogP contribution in [0.5, 0.6) is 0 Å². The van der Waals surface area contributed by atoms with Gasteiger partial charge in [0.05, 0.1) is 0 Å². The molecule has 0 atom stereocenters. The Morgan fingerprint density at radius 1 is 1.00 bits per heavy atom. The first-order chi connectivity index (χ1) is 0. The van der Waals surface area contributed by atoms with Crippen LogP contribution in [0.3, 0.4) is 0 Å². The van der Waals surface area contributed by atoms with Gasteiger partial charge in [0.1, 0.15) is 0 Å². The third kappa shape index (κ3) is 25.4. The Bertz CT molecular complexity index is 20.0. The first-order valence-electron chi connectivity index (χ1n) is 0. The molecule has 6 heavy (non-hydrogen) atoms. The zero-order valence-corrected chi connectivity index (χ0v) is 8.76. The van der Waals surface area contributed by atoms with E-state index in [0.717, 1.165) is 0 Å². The maximum Gasteiger partial charge on any atom is 2.00 e. The number of halogens is 2. The summed E-state index contributed by atoms with van der Waals surface area (Å²) in [6.07, 6.45) is 0. The van der Waals surface area contributed by atoms with Crippen LogP contribution in [-0.2, 0) is 17.1 Å². The van der Waals surface area contributed by atoms with Gasteiger partial charge in [-0.05, 0) is 0 Å². The van der Waals surface area contributed by atoms with E-state index in [-0.39, 0.29) is 123 Å². The zero-order valence-electron chi connectivity index (χ0n) is 4.52. The normalized spacial score (nSPS) is 0. The second-order valence-electron chi connectivity index (χ2n) is 0. The van der Waals surface area contributed by atoms with Gasteiger partial charge in [0.15, 0.2) is 17.4 Å². The van der Waals surface area contributed by atoms with Crippen molar-refractivity contribution in [3.8, 4) is 0 Å². The molecule has 0 aromatic heterocycles. The van der Waals surface area contributed by atoms with Crippen molar-refractivity contribution in [3.63, 3.8) is 0 Å². The van der Waals surface area contributed by atoms with E-state index in [1.54, 1.807) is 0 Å². The largest absolute Gasteiger partial charge is 2.00 e. The van der Waals surface area contributed by atoms with Gasteiger partial charge in [0.2, 0.25) is 0 Å². The summed E-state index contributed by atoms with van der Waals surface area (Å²) in [5.41, 5.74) is 0. The molecular weight excluding hydrogens is 218 g/mol. The van der Waals surface area contributed by atoms with Crippen molar-refractivity contribution in [2.24, 2.45) is 0 Å². The molecule has 0 radical (unpaired) electrons. The predicted molar refractivity (Wildman–Crippen MR) is 23.7 cm³/mol. The molecule has 0 aliphatic heterocycles. The van der Waals surface area contributed by atoms with E-state index in [1.165, 1.54) is 0 Å². The van der Waals surface area contributed by atoms with Crippen LogP contribution in [0.2, 0.25) is 0 Å². The molecule has 0 N–H and O–H groups in total. The summed E-state index contributed by atoms with van der Waals surface area (Å²) in [5, 5.41) is 0. The van der Waals surface area contributed by atoms with Crippen molar-refractivity contribution in [2.45, 2.75) is 0 Å². The van der Waals surface area contributed by atoms with Gasteiger partial charge in [-0.3, -0.25) is 0 Å². The maximum absolute atomic E-state index is 0. The Kier molecular flexibility index (Phi) is 342. The fraction of sp³-hybridized carbons (Fsp3) is 0. The summed E-state index contributed by atoms with van der Waals surface area (Å²) in [5.74, 6) is 0. The zero-order chi connectivity index (χ0) is 0. The fourth-order valence-corrected chi connectivity index (χ4v) is 0. The van der Waals surface area contributed by atoms with E-state index in [4.69, 9.17) is 0 Å². The summed E-state index contributed by atoms with van der Waals surface area (Å²) in [4.78, 5) is 0.